The topological polar surface area (TPSA) is 30.5 Å². The number of hydrogen-bond acceptors (Lipinski definition) is 3. The van der Waals surface area contributed by atoms with Crippen molar-refractivity contribution in [1.29, 1.82) is 0 Å². The fourth-order valence-corrected chi connectivity index (χ4v) is 0.549. The molecule has 0 aromatic rings. The molecule has 0 atom stereocenters. The molecule has 0 saturated carbocycles. The van der Waals surface area contributed by atoms with E-state index in [2.05, 4.69) is 5.32 Å². The molecule has 0 unspecified atom stereocenters. The minimum Gasteiger partial charge on any atom is -0.352 e. The maximum Gasteiger partial charge on any atom is 0.177 e. The molecule has 0 aliphatic rings. The largest absolute Gasteiger partial charge is 0.352 e. The number of hydrogen-bond donors (Lipinski definition) is 1. The smallest absolute Gasteiger partial charge is 0.177 e. The first-order chi connectivity index (χ1) is 4.18. The van der Waals surface area contributed by atoms with E-state index in [0.29, 0.717) is 6.54 Å². The average Bonchev–Trinajstić information content (AvgIpc) is 1.89. The molecule has 0 aromatic carbocycles. The molecule has 0 aliphatic heterocycles. The molecular weight excluding hydrogens is 154 g/mol. The lowest BCUT2D eigenvalue weighted by atomic mass is 10.3. The van der Waals surface area contributed by atoms with Crippen molar-refractivity contribution in [1.82, 2.24) is 5.32 Å². The van der Waals surface area contributed by atoms with Crippen molar-refractivity contribution in [2.75, 3.05) is 27.8 Å². The van der Waals surface area contributed by atoms with Crippen LogP contribution in [0.1, 0.15) is 6.92 Å². The fourth-order valence-electron chi connectivity index (χ4n) is 0.549. The van der Waals surface area contributed by atoms with Gasteiger partial charge in [-0.25, -0.2) is 0 Å². The molecule has 1 N–H and O–H groups in total. The van der Waals surface area contributed by atoms with Crippen LogP contribution in [0.25, 0.3) is 0 Å². The molecule has 0 bridgehead atoms. The SMILES string of the molecule is CNCC(C)(OC)OC.Cl. The van der Waals surface area contributed by atoms with E-state index in [0.717, 1.165) is 0 Å². The summed E-state index contributed by atoms with van der Waals surface area (Å²) in [4.78, 5) is 0. The molecule has 3 nitrogen and oxygen atoms in total. The molecule has 10 heavy (non-hydrogen) atoms. The van der Waals surface area contributed by atoms with Gasteiger partial charge in [-0.1, -0.05) is 0 Å². The minimum atomic E-state index is -0.477. The van der Waals surface area contributed by atoms with Crippen LogP contribution in [0.3, 0.4) is 0 Å². The Hall–Kier alpha value is 0.170. The van der Waals surface area contributed by atoms with Crippen LogP contribution in [0.5, 0.6) is 0 Å². The lowest BCUT2D eigenvalue weighted by molar-refractivity contribution is -0.188. The molecule has 0 radical (unpaired) electrons. The van der Waals surface area contributed by atoms with E-state index in [1.807, 2.05) is 14.0 Å². The molecule has 0 saturated heterocycles. The van der Waals surface area contributed by atoms with E-state index in [-0.39, 0.29) is 12.4 Å². The number of rotatable bonds is 4. The van der Waals surface area contributed by atoms with Crippen molar-refractivity contribution in [2.24, 2.45) is 0 Å². The third-order valence-electron chi connectivity index (χ3n) is 1.36. The lowest BCUT2D eigenvalue weighted by Crippen LogP contribution is -2.39. The van der Waals surface area contributed by atoms with E-state index >= 15 is 0 Å². The fraction of sp³-hybridized carbons (Fsp3) is 1.00. The van der Waals surface area contributed by atoms with Crippen LogP contribution in [0.2, 0.25) is 0 Å². The zero-order valence-corrected chi connectivity index (χ0v) is 7.75. The third-order valence-corrected chi connectivity index (χ3v) is 1.36. The molecule has 0 heterocycles. The highest BCUT2D eigenvalue weighted by molar-refractivity contribution is 5.85. The van der Waals surface area contributed by atoms with E-state index in [4.69, 9.17) is 9.47 Å². The van der Waals surface area contributed by atoms with Gasteiger partial charge in [0.15, 0.2) is 5.79 Å². The highest BCUT2D eigenvalue weighted by atomic mass is 35.5. The molecule has 4 heteroatoms. The number of likely N-dealkylation sites (N-methyl/N-ethyl adjacent to an activating group) is 1. The Bertz CT molecular complexity index is 76.1. The molecule has 0 rings (SSSR count). The van der Waals surface area contributed by atoms with Gasteiger partial charge in [0.25, 0.3) is 0 Å². The van der Waals surface area contributed by atoms with Crippen LogP contribution in [-0.4, -0.2) is 33.6 Å². The number of halogens is 1. The predicted molar refractivity (Wildman–Crippen MR) is 43.6 cm³/mol. The standard InChI is InChI=1S/C6H15NO2.ClH/c1-6(8-3,9-4)5-7-2;/h7H,5H2,1-4H3;1H. The Morgan fingerprint density at radius 3 is 1.80 bits per heavy atom. The monoisotopic (exact) mass is 169 g/mol. The summed E-state index contributed by atoms with van der Waals surface area (Å²) in [5.74, 6) is -0.477. The number of methoxy groups -OCH3 is 2. The number of nitrogens with one attached hydrogen (secondary N) is 1. The Balaban J connectivity index is 0. The Labute approximate surface area is 68.5 Å². The van der Waals surface area contributed by atoms with Gasteiger partial charge >= 0.3 is 0 Å². The van der Waals surface area contributed by atoms with E-state index in [1.54, 1.807) is 14.2 Å². The van der Waals surface area contributed by atoms with Crippen molar-refractivity contribution in [3.05, 3.63) is 0 Å². The Morgan fingerprint density at radius 1 is 1.30 bits per heavy atom. The summed E-state index contributed by atoms with van der Waals surface area (Å²) in [6, 6.07) is 0. The average molecular weight is 170 g/mol. The van der Waals surface area contributed by atoms with Crippen LogP contribution in [0.15, 0.2) is 0 Å². The predicted octanol–water partition coefficient (Wildman–Crippen LogP) is 0.637. The van der Waals surface area contributed by atoms with Crippen molar-refractivity contribution in [3.8, 4) is 0 Å². The zero-order chi connectivity index (χ0) is 7.33. The van der Waals surface area contributed by atoms with Gasteiger partial charge in [0, 0.05) is 20.8 Å². The van der Waals surface area contributed by atoms with Crippen molar-refractivity contribution >= 4 is 12.4 Å². The number of ether oxygens (including phenoxy) is 2. The molecular formula is C6H16ClNO2. The van der Waals surface area contributed by atoms with Crippen molar-refractivity contribution in [3.63, 3.8) is 0 Å². The zero-order valence-electron chi connectivity index (χ0n) is 6.93. The van der Waals surface area contributed by atoms with Crippen LogP contribution < -0.4 is 5.32 Å². The van der Waals surface area contributed by atoms with Crippen LogP contribution in [0, 0.1) is 0 Å². The Morgan fingerprint density at radius 2 is 1.70 bits per heavy atom. The summed E-state index contributed by atoms with van der Waals surface area (Å²) in [6.45, 7) is 2.57. The van der Waals surface area contributed by atoms with E-state index in [9.17, 15) is 0 Å². The first kappa shape index (κ1) is 12.8. The highest BCUT2D eigenvalue weighted by Crippen LogP contribution is 2.06. The normalized spacial score (nSPS) is 10.8. The summed E-state index contributed by atoms with van der Waals surface area (Å²) in [5, 5.41) is 2.96. The molecule has 0 fully saturated rings. The van der Waals surface area contributed by atoms with Crippen LogP contribution in [0.4, 0.5) is 0 Å². The summed E-state index contributed by atoms with van der Waals surface area (Å²) in [5.41, 5.74) is 0. The van der Waals surface area contributed by atoms with Gasteiger partial charge < -0.3 is 14.8 Å². The molecule has 0 aromatic heterocycles. The van der Waals surface area contributed by atoms with Crippen molar-refractivity contribution < 1.29 is 9.47 Å². The van der Waals surface area contributed by atoms with Gasteiger partial charge in [0.05, 0.1) is 0 Å². The molecule has 0 aliphatic carbocycles. The first-order valence-electron chi connectivity index (χ1n) is 2.93. The maximum atomic E-state index is 5.04. The molecule has 64 valence electrons. The van der Waals surface area contributed by atoms with Crippen LogP contribution in [-0.2, 0) is 9.47 Å². The van der Waals surface area contributed by atoms with Gasteiger partial charge in [0.1, 0.15) is 0 Å². The second kappa shape index (κ2) is 5.92. The summed E-state index contributed by atoms with van der Waals surface area (Å²) < 4.78 is 10.1. The molecule has 0 amide bonds. The molecule has 0 spiro atoms. The van der Waals surface area contributed by atoms with Crippen molar-refractivity contribution in [2.45, 2.75) is 12.7 Å². The van der Waals surface area contributed by atoms with Crippen LogP contribution >= 0.6 is 12.4 Å². The first-order valence-corrected chi connectivity index (χ1v) is 2.93. The van der Waals surface area contributed by atoms with Gasteiger partial charge in [-0.2, -0.15) is 0 Å². The summed E-state index contributed by atoms with van der Waals surface area (Å²) >= 11 is 0. The quantitative estimate of drug-likeness (QED) is 0.627. The van der Waals surface area contributed by atoms with Gasteiger partial charge in [-0.05, 0) is 14.0 Å². The van der Waals surface area contributed by atoms with Gasteiger partial charge in [-0.15, -0.1) is 12.4 Å². The summed E-state index contributed by atoms with van der Waals surface area (Å²) in [6.07, 6.45) is 0. The Kier molecular flexibility index (Phi) is 7.58. The lowest BCUT2D eigenvalue weighted by Gasteiger charge is -2.25. The summed E-state index contributed by atoms with van der Waals surface area (Å²) in [7, 11) is 5.11. The minimum absolute atomic E-state index is 0. The maximum absolute atomic E-state index is 5.04. The third kappa shape index (κ3) is 4.06. The highest BCUT2D eigenvalue weighted by Gasteiger charge is 2.20. The van der Waals surface area contributed by atoms with Gasteiger partial charge in [0.2, 0.25) is 0 Å². The second-order valence-corrected chi connectivity index (χ2v) is 2.07. The van der Waals surface area contributed by atoms with Gasteiger partial charge in [-0.3, -0.25) is 0 Å². The second-order valence-electron chi connectivity index (χ2n) is 2.07. The van der Waals surface area contributed by atoms with E-state index < -0.39 is 5.79 Å². The van der Waals surface area contributed by atoms with E-state index in [1.165, 1.54) is 0 Å².